The zero-order valence-electron chi connectivity index (χ0n) is 12.8. The quantitative estimate of drug-likeness (QED) is 0.783. The molecule has 0 aliphatic heterocycles. The molecule has 0 radical (unpaired) electrons. The second-order valence-electron chi connectivity index (χ2n) is 5.22. The maximum Gasteiger partial charge on any atom is 0.227 e. The van der Waals surface area contributed by atoms with Gasteiger partial charge in [0.2, 0.25) is 5.91 Å². The van der Waals surface area contributed by atoms with Gasteiger partial charge in [0.25, 0.3) is 0 Å². The lowest BCUT2D eigenvalue weighted by molar-refractivity contribution is -0.122. The topological polar surface area (TPSA) is 72.7 Å². The Morgan fingerprint density at radius 3 is 2.91 bits per heavy atom. The molecule has 0 saturated carbocycles. The van der Waals surface area contributed by atoms with Gasteiger partial charge in [-0.05, 0) is 36.2 Å². The SMILES string of the molecule is CC(C(=O)NCc1ccnc(-n2ccnc2)c1)c1cccnc1. The summed E-state index contributed by atoms with van der Waals surface area (Å²) < 4.78 is 1.82. The first kappa shape index (κ1) is 14.9. The summed E-state index contributed by atoms with van der Waals surface area (Å²) in [6.07, 6.45) is 10.4. The second kappa shape index (κ2) is 6.83. The van der Waals surface area contributed by atoms with E-state index in [1.54, 1.807) is 31.1 Å². The van der Waals surface area contributed by atoms with Crippen molar-refractivity contribution >= 4 is 5.91 Å². The van der Waals surface area contributed by atoms with Crippen LogP contribution < -0.4 is 5.32 Å². The maximum absolute atomic E-state index is 12.3. The van der Waals surface area contributed by atoms with Gasteiger partial charge in [-0.2, -0.15) is 0 Å². The van der Waals surface area contributed by atoms with Crippen LogP contribution in [0.1, 0.15) is 24.0 Å². The number of imidazole rings is 1. The summed E-state index contributed by atoms with van der Waals surface area (Å²) >= 11 is 0. The Hall–Kier alpha value is -3.02. The van der Waals surface area contributed by atoms with E-state index < -0.39 is 0 Å². The molecule has 1 N–H and O–H groups in total. The summed E-state index contributed by atoms with van der Waals surface area (Å²) in [6.45, 7) is 2.32. The van der Waals surface area contributed by atoms with E-state index in [0.29, 0.717) is 6.54 Å². The molecule has 0 bridgehead atoms. The molecule has 116 valence electrons. The third kappa shape index (κ3) is 3.60. The molecule has 23 heavy (non-hydrogen) atoms. The first-order valence-corrected chi connectivity index (χ1v) is 7.35. The molecule has 0 aliphatic carbocycles. The molecule has 1 amide bonds. The number of carbonyl (C=O) groups is 1. The zero-order chi connectivity index (χ0) is 16.1. The summed E-state index contributed by atoms with van der Waals surface area (Å²) in [4.78, 5) is 24.6. The van der Waals surface area contributed by atoms with E-state index >= 15 is 0 Å². The second-order valence-corrected chi connectivity index (χ2v) is 5.22. The van der Waals surface area contributed by atoms with Crippen molar-refractivity contribution in [2.24, 2.45) is 0 Å². The number of hydrogen-bond donors (Lipinski definition) is 1. The van der Waals surface area contributed by atoms with Gasteiger partial charge in [0.15, 0.2) is 0 Å². The van der Waals surface area contributed by atoms with Crippen LogP contribution >= 0.6 is 0 Å². The van der Waals surface area contributed by atoms with Crippen LogP contribution in [-0.2, 0) is 11.3 Å². The monoisotopic (exact) mass is 307 g/mol. The summed E-state index contributed by atoms with van der Waals surface area (Å²) in [5.41, 5.74) is 1.88. The van der Waals surface area contributed by atoms with Gasteiger partial charge >= 0.3 is 0 Å². The van der Waals surface area contributed by atoms with Gasteiger partial charge in [-0.3, -0.25) is 14.3 Å². The zero-order valence-corrected chi connectivity index (χ0v) is 12.8. The van der Waals surface area contributed by atoms with Crippen molar-refractivity contribution < 1.29 is 4.79 Å². The molecule has 1 atom stereocenters. The van der Waals surface area contributed by atoms with Crippen molar-refractivity contribution in [3.63, 3.8) is 0 Å². The van der Waals surface area contributed by atoms with E-state index in [-0.39, 0.29) is 11.8 Å². The molecule has 3 heterocycles. The van der Waals surface area contributed by atoms with Crippen LogP contribution in [0.4, 0.5) is 0 Å². The van der Waals surface area contributed by atoms with Gasteiger partial charge in [-0.15, -0.1) is 0 Å². The largest absolute Gasteiger partial charge is 0.352 e. The number of amides is 1. The minimum Gasteiger partial charge on any atom is -0.352 e. The normalized spacial score (nSPS) is 11.9. The first-order chi connectivity index (χ1) is 11.2. The summed E-state index contributed by atoms with van der Waals surface area (Å²) in [5.74, 6) is 0.507. The highest BCUT2D eigenvalue weighted by molar-refractivity contribution is 5.83. The molecular weight excluding hydrogens is 290 g/mol. The number of carbonyl (C=O) groups excluding carboxylic acids is 1. The molecule has 6 nitrogen and oxygen atoms in total. The Morgan fingerprint density at radius 2 is 2.17 bits per heavy atom. The van der Waals surface area contributed by atoms with Gasteiger partial charge in [0.05, 0.1) is 5.92 Å². The lowest BCUT2D eigenvalue weighted by Gasteiger charge is -2.12. The van der Waals surface area contributed by atoms with Gasteiger partial charge in [-0.25, -0.2) is 9.97 Å². The van der Waals surface area contributed by atoms with E-state index in [0.717, 1.165) is 16.9 Å². The predicted octanol–water partition coefficient (Wildman–Crippen LogP) is 2.08. The highest BCUT2D eigenvalue weighted by Crippen LogP contribution is 2.14. The van der Waals surface area contributed by atoms with E-state index in [4.69, 9.17) is 0 Å². The van der Waals surface area contributed by atoms with Crippen LogP contribution in [0.2, 0.25) is 0 Å². The lowest BCUT2D eigenvalue weighted by Crippen LogP contribution is -2.27. The smallest absolute Gasteiger partial charge is 0.227 e. The standard InChI is InChI=1S/C17H17N5O/c1-13(15-3-2-5-18-11-15)17(23)21-10-14-4-6-20-16(9-14)22-8-7-19-12-22/h2-9,11-13H,10H2,1H3,(H,21,23). The minimum atomic E-state index is -0.237. The number of rotatable bonds is 5. The maximum atomic E-state index is 12.3. The number of aromatic nitrogens is 4. The first-order valence-electron chi connectivity index (χ1n) is 7.35. The van der Waals surface area contributed by atoms with Crippen molar-refractivity contribution in [2.75, 3.05) is 0 Å². The molecule has 0 aromatic carbocycles. The molecule has 0 fully saturated rings. The molecule has 0 aliphatic rings. The number of hydrogen-bond acceptors (Lipinski definition) is 4. The summed E-state index contributed by atoms with van der Waals surface area (Å²) in [7, 11) is 0. The van der Waals surface area contributed by atoms with E-state index in [2.05, 4.69) is 20.3 Å². The average Bonchev–Trinajstić information content (AvgIpc) is 3.15. The van der Waals surface area contributed by atoms with Crippen LogP contribution in [0.5, 0.6) is 0 Å². The van der Waals surface area contributed by atoms with Gasteiger partial charge < -0.3 is 5.32 Å². The van der Waals surface area contributed by atoms with Gasteiger partial charge in [-0.1, -0.05) is 6.07 Å². The Kier molecular flexibility index (Phi) is 4.42. The average molecular weight is 307 g/mol. The predicted molar refractivity (Wildman–Crippen MR) is 85.9 cm³/mol. The lowest BCUT2D eigenvalue weighted by atomic mass is 10.0. The van der Waals surface area contributed by atoms with Crippen molar-refractivity contribution in [3.8, 4) is 5.82 Å². The van der Waals surface area contributed by atoms with Crippen LogP contribution in [-0.4, -0.2) is 25.4 Å². The molecule has 3 aromatic heterocycles. The summed E-state index contributed by atoms with van der Waals surface area (Å²) in [5, 5.41) is 2.95. The molecule has 1 unspecified atom stereocenters. The Bertz CT molecular complexity index is 771. The fourth-order valence-corrected chi connectivity index (χ4v) is 2.23. The Labute approximate surface area is 134 Å². The fourth-order valence-electron chi connectivity index (χ4n) is 2.23. The van der Waals surface area contributed by atoms with Crippen LogP contribution in [0.15, 0.2) is 61.6 Å². The van der Waals surface area contributed by atoms with Gasteiger partial charge in [0.1, 0.15) is 12.1 Å². The Morgan fingerprint density at radius 1 is 1.26 bits per heavy atom. The van der Waals surface area contributed by atoms with Crippen LogP contribution in [0, 0.1) is 0 Å². The molecule has 6 heteroatoms. The van der Waals surface area contributed by atoms with E-state index in [1.165, 1.54) is 0 Å². The Balaban J connectivity index is 1.64. The molecular formula is C17H17N5O. The number of nitrogens with zero attached hydrogens (tertiary/aromatic N) is 4. The molecule has 0 spiro atoms. The molecule has 3 rings (SSSR count). The molecule has 3 aromatic rings. The number of nitrogens with one attached hydrogen (secondary N) is 1. The third-order valence-electron chi connectivity index (χ3n) is 3.62. The fraction of sp³-hybridized carbons (Fsp3) is 0.176. The van der Waals surface area contributed by atoms with Crippen molar-refractivity contribution in [3.05, 3.63) is 72.7 Å². The van der Waals surface area contributed by atoms with Crippen molar-refractivity contribution in [2.45, 2.75) is 19.4 Å². The van der Waals surface area contributed by atoms with Crippen molar-refractivity contribution in [1.29, 1.82) is 0 Å². The third-order valence-corrected chi connectivity index (χ3v) is 3.62. The highest BCUT2D eigenvalue weighted by atomic mass is 16.1. The van der Waals surface area contributed by atoms with Crippen LogP contribution in [0.3, 0.4) is 0 Å². The number of pyridine rings is 2. The van der Waals surface area contributed by atoms with Crippen LogP contribution in [0.25, 0.3) is 5.82 Å². The van der Waals surface area contributed by atoms with Crippen molar-refractivity contribution in [1.82, 2.24) is 24.8 Å². The van der Waals surface area contributed by atoms with E-state index in [1.807, 2.05) is 42.0 Å². The molecule has 0 saturated heterocycles. The minimum absolute atomic E-state index is 0.0287. The highest BCUT2D eigenvalue weighted by Gasteiger charge is 2.14. The van der Waals surface area contributed by atoms with Gasteiger partial charge in [0, 0.05) is 37.5 Å². The van der Waals surface area contributed by atoms with E-state index in [9.17, 15) is 4.79 Å². The summed E-state index contributed by atoms with van der Waals surface area (Å²) in [6, 6.07) is 7.55.